The minimum atomic E-state index is -0.428. The van der Waals surface area contributed by atoms with Crippen LogP contribution in [0.15, 0.2) is 41.2 Å². The van der Waals surface area contributed by atoms with Crippen molar-refractivity contribution in [2.75, 3.05) is 12.0 Å². The number of benzene rings is 1. The van der Waals surface area contributed by atoms with E-state index in [1.807, 2.05) is 36.6 Å². The van der Waals surface area contributed by atoms with E-state index in [0.717, 1.165) is 22.7 Å². The number of hydrogen-bond acceptors (Lipinski definition) is 6. The van der Waals surface area contributed by atoms with E-state index in [4.69, 9.17) is 0 Å². The molecule has 2 aromatic heterocycles. The van der Waals surface area contributed by atoms with E-state index in [1.165, 1.54) is 10.6 Å². The van der Waals surface area contributed by atoms with Crippen molar-refractivity contribution in [3.63, 3.8) is 0 Å². The molecule has 0 unspecified atom stereocenters. The van der Waals surface area contributed by atoms with E-state index in [2.05, 4.69) is 4.98 Å². The van der Waals surface area contributed by atoms with Crippen LogP contribution in [-0.4, -0.2) is 26.5 Å². The van der Waals surface area contributed by atoms with Gasteiger partial charge in [0.05, 0.1) is 10.6 Å². The molecule has 1 aromatic carbocycles. The fraction of sp³-hybridized carbons (Fsp3) is 0.200. The minimum Gasteiger partial charge on any atom is -0.282 e. The molecule has 2 heterocycles. The second-order valence-electron chi connectivity index (χ2n) is 4.81. The van der Waals surface area contributed by atoms with Gasteiger partial charge in [0.15, 0.2) is 0 Å². The molecule has 0 N–H and O–H groups in total. The number of fused-ring (bicyclic) bond motifs is 1. The monoisotopic (exact) mass is 347 g/mol. The Bertz CT molecular complexity index is 919. The minimum absolute atomic E-state index is 0.0162. The lowest BCUT2D eigenvalue weighted by atomic mass is 10.1. The summed E-state index contributed by atoms with van der Waals surface area (Å²) in [5, 5.41) is 11.8. The fourth-order valence-corrected chi connectivity index (χ4v) is 3.69. The molecule has 0 atom stereocenters. The Morgan fingerprint density at radius 1 is 1.35 bits per heavy atom. The summed E-state index contributed by atoms with van der Waals surface area (Å²) in [6.45, 7) is 0.482. The maximum atomic E-state index is 12.4. The number of rotatable bonds is 5. The van der Waals surface area contributed by atoms with E-state index >= 15 is 0 Å². The number of nitro groups is 1. The van der Waals surface area contributed by atoms with Crippen LogP contribution in [0.2, 0.25) is 0 Å². The summed E-state index contributed by atoms with van der Waals surface area (Å²) >= 11 is 2.63. The maximum absolute atomic E-state index is 12.4. The van der Waals surface area contributed by atoms with Gasteiger partial charge in [-0.15, -0.1) is 0 Å². The lowest BCUT2D eigenvalue weighted by molar-refractivity contribution is -0.380. The van der Waals surface area contributed by atoms with Crippen LogP contribution in [-0.2, 0) is 6.54 Å². The van der Waals surface area contributed by atoms with Crippen molar-refractivity contribution in [1.29, 1.82) is 0 Å². The molecule has 0 saturated carbocycles. The summed E-state index contributed by atoms with van der Waals surface area (Å²) in [6, 6.07) is 10.8. The molecule has 0 radical (unpaired) electrons. The highest BCUT2D eigenvalue weighted by molar-refractivity contribution is 7.98. The molecule has 0 amide bonds. The largest absolute Gasteiger partial charge is 0.349 e. The van der Waals surface area contributed by atoms with Gasteiger partial charge in [-0.1, -0.05) is 30.3 Å². The van der Waals surface area contributed by atoms with Gasteiger partial charge < -0.3 is 0 Å². The quantitative estimate of drug-likeness (QED) is 0.522. The van der Waals surface area contributed by atoms with Crippen LogP contribution in [0.25, 0.3) is 21.5 Å². The molecule has 118 valence electrons. The Morgan fingerprint density at radius 2 is 2.09 bits per heavy atom. The molecule has 3 rings (SSSR count). The lowest BCUT2D eigenvalue weighted by Gasteiger charge is -2.08. The first-order chi connectivity index (χ1) is 11.1. The van der Waals surface area contributed by atoms with Gasteiger partial charge >= 0.3 is 10.7 Å². The molecule has 3 aromatic rings. The van der Waals surface area contributed by atoms with Gasteiger partial charge in [0.1, 0.15) is 4.83 Å². The Hall–Kier alpha value is -2.19. The SMILES string of the molecule is CSCCn1c(=O)nc(-c2ccccc2)c2cc([N+](=O)[O-])sc21. The second-order valence-corrected chi connectivity index (χ2v) is 6.81. The van der Waals surface area contributed by atoms with Gasteiger partial charge in [-0.2, -0.15) is 16.7 Å². The van der Waals surface area contributed by atoms with Crippen LogP contribution in [0.4, 0.5) is 5.00 Å². The van der Waals surface area contributed by atoms with Gasteiger partial charge in [0.2, 0.25) is 0 Å². The first-order valence-electron chi connectivity index (χ1n) is 6.85. The van der Waals surface area contributed by atoms with Crippen LogP contribution >= 0.6 is 23.1 Å². The molecule has 0 saturated heterocycles. The zero-order valence-electron chi connectivity index (χ0n) is 12.3. The Balaban J connectivity index is 2.30. The Kier molecular flexibility index (Phi) is 4.44. The molecule has 0 aliphatic heterocycles. The molecule has 0 aliphatic carbocycles. The van der Waals surface area contributed by atoms with Gasteiger partial charge in [-0.25, -0.2) is 4.79 Å². The van der Waals surface area contributed by atoms with Crippen molar-refractivity contribution >= 4 is 38.3 Å². The lowest BCUT2D eigenvalue weighted by Crippen LogP contribution is -2.24. The van der Waals surface area contributed by atoms with Crippen molar-refractivity contribution in [2.45, 2.75) is 6.54 Å². The van der Waals surface area contributed by atoms with E-state index < -0.39 is 4.92 Å². The molecule has 0 fully saturated rings. The predicted octanol–water partition coefficient (Wildman–Crippen LogP) is 3.40. The maximum Gasteiger partial charge on any atom is 0.349 e. The van der Waals surface area contributed by atoms with E-state index in [0.29, 0.717) is 22.5 Å². The van der Waals surface area contributed by atoms with Crippen LogP contribution < -0.4 is 5.69 Å². The third-order valence-electron chi connectivity index (χ3n) is 3.38. The van der Waals surface area contributed by atoms with Gasteiger partial charge in [-0.3, -0.25) is 14.7 Å². The zero-order valence-corrected chi connectivity index (χ0v) is 13.9. The third kappa shape index (κ3) is 2.99. The number of hydrogen-bond donors (Lipinski definition) is 0. The highest BCUT2D eigenvalue weighted by Gasteiger charge is 2.20. The van der Waals surface area contributed by atoms with Gasteiger partial charge in [0, 0.05) is 29.3 Å². The van der Waals surface area contributed by atoms with Crippen molar-refractivity contribution in [3.8, 4) is 11.3 Å². The van der Waals surface area contributed by atoms with E-state index in [-0.39, 0.29) is 10.7 Å². The Labute approximate surface area is 139 Å². The Morgan fingerprint density at radius 3 is 2.74 bits per heavy atom. The second kappa shape index (κ2) is 6.51. The third-order valence-corrected chi connectivity index (χ3v) is 5.08. The highest BCUT2D eigenvalue weighted by atomic mass is 32.2. The average Bonchev–Trinajstić information content (AvgIpc) is 2.99. The van der Waals surface area contributed by atoms with Crippen LogP contribution in [0, 0.1) is 10.1 Å². The number of thioether (sulfide) groups is 1. The highest BCUT2D eigenvalue weighted by Crippen LogP contribution is 2.35. The number of thiophene rings is 1. The molecule has 0 spiro atoms. The van der Waals surface area contributed by atoms with Crippen molar-refractivity contribution in [1.82, 2.24) is 9.55 Å². The average molecular weight is 347 g/mol. The van der Waals surface area contributed by atoms with Crippen molar-refractivity contribution in [2.24, 2.45) is 0 Å². The van der Waals surface area contributed by atoms with E-state index in [9.17, 15) is 14.9 Å². The molecule has 23 heavy (non-hydrogen) atoms. The van der Waals surface area contributed by atoms with Crippen LogP contribution in [0.3, 0.4) is 0 Å². The normalized spacial score (nSPS) is 11.0. The number of aromatic nitrogens is 2. The number of nitrogens with zero attached hydrogens (tertiary/aromatic N) is 3. The van der Waals surface area contributed by atoms with Crippen molar-refractivity contribution in [3.05, 3.63) is 57.0 Å². The van der Waals surface area contributed by atoms with Crippen LogP contribution in [0.1, 0.15) is 0 Å². The molecular formula is C15H13N3O3S2. The summed E-state index contributed by atoms with van der Waals surface area (Å²) in [5.74, 6) is 0.743. The molecular weight excluding hydrogens is 334 g/mol. The van der Waals surface area contributed by atoms with Crippen LogP contribution in [0.5, 0.6) is 0 Å². The molecule has 6 nitrogen and oxygen atoms in total. The summed E-state index contributed by atoms with van der Waals surface area (Å²) in [5.41, 5.74) is 0.900. The summed E-state index contributed by atoms with van der Waals surface area (Å²) < 4.78 is 1.52. The van der Waals surface area contributed by atoms with Gasteiger partial charge in [0.25, 0.3) is 0 Å². The summed E-state index contributed by atoms with van der Waals surface area (Å²) in [6.07, 6.45) is 1.95. The fourth-order valence-electron chi connectivity index (χ4n) is 2.33. The molecule has 8 heteroatoms. The first-order valence-corrected chi connectivity index (χ1v) is 9.06. The van der Waals surface area contributed by atoms with E-state index in [1.54, 1.807) is 11.8 Å². The van der Waals surface area contributed by atoms with Crippen molar-refractivity contribution < 1.29 is 4.92 Å². The predicted molar refractivity (Wildman–Crippen MR) is 94.4 cm³/mol. The van der Waals surface area contributed by atoms with Gasteiger partial charge in [-0.05, 0) is 17.6 Å². The summed E-state index contributed by atoms with van der Waals surface area (Å²) in [7, 11) is 0. The topological polar surface area (TPSA) is 78.0 Å². The smallest absolute Gasteiger partial charge is 0.282 e. The zero-order chi connectivity index (χ0) is 16.4. The standard InChI is InChI=1S/C15H13N3O3S2/c1-22-8-7-17-14-11(9-12(23-14)18(20)21)13(16-15(17)19)10-5-3-2-4-6-10/h2-6,9H,7-8H2,1H3. The first kappa shape index (κ1) is 15.7. The molecule has 0 bridgehead atoms. The number of aryl methyl sites for hydroxylation is 1. The summed E-state index contributed by atoms with van der Waals surface area (Å²) in [4.78, 5) is 27.9. The molecule has 0 aliphatic rings.